The van der Waals surface area contributed by atoms with E-state index in [4.69, 9.17) is 16.3 Å². The van der Waals surface area contributed by atoms with Crippen molar-refractivity contribution in [2.24, 2.45) is 5.92 Å². The minimum Gasteiger partial charge on any atom is -0.465 e. The first-order valence-corrected chi connectivity index (χ1v) is 9.49. The Labute approximate surface area is 164 Å². The maximum absolute atomic E-state index is 12.6. The molecule has 1 aromatic heterocycles. The number of hydrogen-bond donors (Lipinski definition) is 1. The molecule has 9 heteroatoms. The molecule has 2 aromatic rings. The molecular formula is C18H17ClN2O5S. The van der Waals surface area contributed by atoms with Crippen LogP contribution in [0.3, 0.4) is 0 Å². The number of carbonyl (C=O) groups excluding carboxylic acids is 2. The lowest BCUT2D eigenvalue weighted by Gasteiger charge is -2.18. The van der Waals surface area contributed by atoms with Gasteiger partial charge in [-0.2, -0.15) is 0 Å². The number of nitro benzene ring substituents is 1. The molecule has 0 bridgehead atoms. The van der Waals surface area contributed by atoms with Crippen LogP contribution in [-0.2, 0) is 17.6 Å². The number of esters is 1. The van der Waals surface area contributed by atoms with Crippen molar-refractivity contribution >= 4 is 45.5 Å². The first kappa shape index (κ1) is 19.3. The summed E-state index contributed by atoms with van der Waals surface area (Å²) in [7, 11) is 1.30. The van der Waals surface area contributed by atoms with E-state index in [1.807, 2.05) is 0 Å². The number of hydrogen-bond acceptors (Lipinski definition) is 6. The summed E-state index contributed by atoms with van der Waals surface area (Å²) in [5.41, 5.74) is 1.03. The van der Waals surface area contributed by atoms with Gasteiger partial charge < -0.3 is 10.1 Å². The molecule has 1 aromatic carbocycles. The summed E-state index contributed by atoms with van der Waals surface area (Å²) in [6.45, 7) is 2.14. The summed E-state index contributed by atoms with van der Waals surface area (Å²) >= 11 is 7.14. The number of carbonyl (C=O) groups is 2. The third-order valence-electron chi connectivity index (χ3n) is 4.53. The number of rotatable bonds is 4. The zero-order valence-electron chi connectivity index (χ0n) is 14.7. The summed E-state index contributed by atoms with van der Waals surface area (Å²) in [4.78, 5) is 36.3. The third-order valence-corrected chi connectivity index (χ3v) is 6.02. The van der Waals surface area contributed by atoms with Gasteiger partial charge in [0.1, 0.15) is 10.0 Å². The molecular weight excluding hydrogens is 392 g/mol. The number of thiophene rings is 1. The van der Waals surface area contributed by atoms with E-state index in [0.29, 0.717) is 16.5 Å². The Hall–Kier alpha value is -2.45. The van der Waals surface area contributed by atoms with Crippen LogP contribution in [0.15, 0.2) is 18.2 Å². The standard InChI is InChI=1S/C18H17ClN2O5S/c1-9-3-5-11-14(7-9)27-17(15(11)18(23)26-2)20-16(22)10-4-6-12(19)13(8-10)21(24)25/h4,6,8-9H,3,5,7H2,1-2H3,(H,20,22)/t9-/m1/s1. The molecule has 1 aliphatic rings. The Bertz CT molecular complexity index is 940. The molecule has 0 radical (unpaired) electrons. The average Bonchev–Trinajstić information content (AvgIpc) is 2.97. The second kappa shape index (κ2) is 7.66. The van der Waals surface area contributed by atoms with Gasteiger partial charge in [-0.25, -0.2) is 4.79 Å². The molecule has 0 unspecified atom stereocenters. The maximum Gasteiger partial charge on any atom is 0.341 e. The molecule has 0 aliphatic heterocycles. The fourth-order valence-electron chi connectivity index (χ4n) is 3.13. The fourth-order valence-corrected chi connectivity index (χ4v) is 4.71. The van der Waals surface area contributed by atoms with Gasteiger partial charge in [0, 0.05) is 16.5 Å². The first-order valence-electron chi connectivity index (χ1n) is 8.30. The van der Waals surface area contributed by atoms with E-state index in [1.54, 1.807) is 0 Å². The van der Waals surface area contributed by atoms with Crippen LogP contribution in [0.5, 0.6) is 0 Å². The minimum absolute atomic E-state index is 0.0487. The summed E-state index contributed by atoms with van der Waals surface area (Å²) in [5.74, 6) is -0.546. The van der Waals surface area contributed by atoms with Crippen molar-refractivity contribution in [3.63, 3.8) is 0 Å². The number of nitrogens with zero attached hydrogens (tertiary/aromatic N) is 1. The highest BCUT2D eigenvalue weighted by atomic mass is 35.5. The predicted octanol–water partition coefficient (Wildman–Crippen LogP) is 4.47. The van der Waals surface area contributed by atoms with Gasteiger partial charge in [0.25, 0.3) is 11.6 Å². The van der Waals surface area contributed by atoms with Crippen LogP contribution in [0.4, 0.5) is 10.7 Å². The van der Waals surface area contributed by atoms with E-state index in [2.05, 4.69) is 12.2 Å². The van der Waals surface area contributed by atoms with Crippen molar-refractivity contribution in [2.75, 3.05) is 12.4 Å². The molecule has 1 heterocycles. The summed E-state index contributed by atoms with van der Waals surface area (Å²) in [5, 5.41) is 14.1. The van der Waals surface area contributed by atoms with Gasteiger partial charge in [0.15, 0.2) is 0 Å². The number of methoxy groups -OCH3 is 1. The number of fused-ring (bicyclic) bond motifs is 1. The number of amides is 1. The van der Waals surface area contributed by atoms with Crippen LogP contribution >= 0.6 is 22.9 Å². The number of benzene rings is 1. The van der Waals surface area contributed by atoms with E-state index < -0.39 is 16.8 Å². The lowest BCUT2D eigenvalue weighted by molar-refractivity contribution is -0.384. The van der Waals surface area contributed by atoms with E-state index in [9.17, 15) is 19.7 Å². The number of halogens is 1. The number of anilines is 1. The molecule has 142 valence electrons. The topological polar surface area (TPSA) is 98.5 Å². The van der Waals surface area contributed by atoms with Gasteiger partial charge >= 0.3 is 5.97 Å². The van der Waals surface area contributed by atoms with E-state index in [1.165, 1.54) is 30.6 Å². The Morgan fingerprint density at radius 2 is 2.15 bits per heavy atom. The summed E-state index contributed by atoms with van der Waals surface area (Å²) in [6, 6.07) is 3.82. The van der Waals surface area contributed by atoms with Gasteiger partial charge in [-0.3, -0.25) is 14.9 Å². The van der Waals surface area contributed by atoms with Crippen LogP contribution in [0, 0.1) is 16.0 Å². The highest BCUT2D eigenvalue weighted by molar-refractivity contribution is 7.17. The lowest BCUT2D eigenvalue weighted by Crippen LogP contribution is -2.16. The zero-order chi connectivity index (χ0) is 19.7. The van der Waals surface area contributed by atoms with Gasteiger partial charge in [0.05, 0.1) is 17.6 Å². The van der Waals surface area contributed by atoms with Crippen LogP contribution in [0.2, 0.25) is 5.02 Å². The average molecular weight is 409 g/mol. The minimum atomic E-state index is -0.649. The molecule has 0 spiro atoms. The van der Waals surface area contributed by atoms with E-state index in [-0.39, 0.29) is 16.3 Å². The van der Waals surface area contributed by atoms with Crippen molar-refractivity contribution in [2.45, 2.75) is 26.2 Å². The largest absolute Gasteiger partial charge is 0.465 e. The molecule has 1 N–H and O–H groups in total. The molecule has 1 atom stereocenters. The van der Waals surface area contributed by atoms with Crippen molar-refractivity contribution in [3.05, 3.63) is 54.9 Å². The highest BCUT2D eigenvalue weighted by Gasteiger charge is 2.29. The van der Waals surface area contributed by atoms with Gasteiger partial charge in [-0.15, -0.1) is 11.3 Å². The van der Waals surface area contributed by atoms with Crippen LogP contribution in [-0.4, -0.2) is 23.9 Å². The zero-order valence-corrected chi connectivity index (χ0v) is 16.3. The van der Waals surface area contributed by atoms with Crippen LogP contribution in [0.1, 0.15) is 44.5 Å². The second-order valence-electron chi connectivity index (χ2n) is 6.42. The Morgan fingerprint density at radius 1 is 1.41 bits per heavy atom. The van der Waals surface area contributed by atoms with Crippen molar-refractivity contribution < 1.29 is 19.2 Å². The third kappa shape index (κ3) is 3.81. The van der Waals surface area contributed by atoms with E-state index >= 15 is 0 Å². The Kier molecular flexibility index (Phi) is 5.48. The van der Waals surface area contributed by atoms with Crippen molar-refractivity contribution in [3.8, 4) is 0 Å². The summed E-state index contributed by atoms with van der Waals surface area (Å²) < 4.78 is 4.89. The number of ether oxygens (including phenoxy) is 1. The van der Waals surface area contributed by atoms with Crippen molar-refractivity contribution in [1.82, 2.24) is 0 Å². The van der Waals surface area contributed by atoms with Gasteiger partial charge in [-0.05, 0) is 42.9 Å². The Morgan fingerprint density at radius 3 is 2.81 bits per heavy atom. The number of nitrogens with one attached hydrogen (secondary N) is 1. The molecule has 7 nitrogen and oxygen atoms in total. The molecule has 3 rings (SSSR count). The molecule has 0 saturated heterocycles. The molecule has 0 saturated carbocycles. The quantitative estimate of drug-likeness (QED) is 0.457. The van der Waals surface area contributed by atoms with Gasteiger partial charge in [0.2, 0.25) is 0 Å². The molecule has 0 fully saturated rings. The van der Waals surface area contributed by atoms with Gasteiger partial charge in [-0.1, -0.05) is 18.5 Å². The highest BCUT2D eigenvalue weighted by Crippen LogP contribution is 2.40. The smallest absolute Gasteiger partial charge is 0.341 e. The monoisotopic (exact) mass is 408 g/mol. The maximum atomic E-state index is 12.6. The SMILES string of the molecule is COC(=O)c1c(NC(=O)c2ccc(Cl)c([N+](=O)[O-])c2)sc2c1CC[C@@H](C)C2. The van der Waals surface area contributed by atoms with E-state index in [0.717, 1.165) is 35.8 Å². The second-order valence-corrected chi connectivity index (χ2v) is 7.94. The number of nitro groups is 1. The fraction of sp³-hybridized carbons (Fsp3) is 0.333. The molecule has 1 aliphatic carbocycles. The Balaban J connectivity index is 1.96. The summed E-state index contributed by atoms with van der Waals surface area (Å²) in [6.07, 6.45) is 2.55. The van der Waals surface area contributed by atoms with Crippen LogP contribution < -0.4 is 5.32 Å². The molecule has 1 amide bonds. The van der Waals surface area contributed by atoms with Crippen LogP contribution in [0.25, 0.3) is 0 Å². The van der Waals surface area contributed by atoms with Crippen molar-refractivity contribution in [1.29, 1.82) is 0 Å². The normalized spacial score (nSPS) is 15.7. The lowest BCUT2D eigenvalue weighted by atomic mass is 9.88. The molecule has 27 heavy (non-hydrogen) atoms. The first-order chi connectivity index (χ1) is 12.8. The predicted molar refractivity (Wildman–Crippen MR) is 103 cm³/mol.